The number of aliphatic hydroxyl groups is 1. The number of nitrogens with one attached hydrogen (secondary N) is 1. The number of carbonyl (C=O) groups excluding carboxylic acids is 2. The zero-order valence-electron chi connectivity index (χ0n) is 20.5. The number of rotatable bonds is 5. The molecule has 33 heavy (non-hydrogen) atoms. The summed E-state index contributed by atoms with van der Waals surface area (Å²) in [5.74, 6) is 3.90. The van der Waals surface area contributed by atoms with Gasteiger partial charge in [-0.3, -0.25) is 19.7 Å². The summed E-state index contributed by atoms with van der Waals surface area (Å²) in [5.41, 5.74) is 5.65. The Morgan fingerprint density at radius 3 is 2.18 bits per heavy atom. The van der Waals surface area contributed by atoms with Crippen LogP contribution in [0.25, 0.3) is 0 Å². The van der Waals surface area contributed by atoms with E-state index >= 15 is 0 Å². The molecule has 1 aromatic carbocycles. The van der Waals surface area contributed by atoms with E-state index in [2.05, 4.69) is 58.6 Å². The summed E-state index contributed by atoms with van der Waals surface area (Å²) in [5, 5.41) is 22.7. The average molecular weight is 528 g/mol. The predicted molar refractivity (Wildman–Crippen MR) is 132 cm³/mol. The van der Waals surface area contributed by atoms with Crippen LogP contribution < -0.4 is 11.1 Å². The second-order valence-electron chi connectivity index (χ2n) is 9.55. The van der Waals surface area contributed by atoms with Gasteiger partial charge in [0.2, 0.25) is 0 Å². The Balaban J connectivity index is 0.00000184. The van der Waals surface area contributed by atoms with Crippen molar-refractivity contribution in [1.29, 1.82) is 0 Å². The minimum atomic E-state index is -0.632. The highest BCUT2D eigenvalue weighted by molar-refractivity contribution is 9.10. The summed E-state index contributed by atoms with van der Waals surface area (Å²) in [6.07, 6.45) is 0.571. The van der Waals surface area contributed by atoms with Crippen molar-refractivity contribution in [2.75, 3.05) is 19.4 Å². The first kappa shape index (κ1) is 30.4. The maximum absolute atomic E-state index is 12.0. The summed E-state index contributed by atoms with van der Waals surface area (Å²) in [4.78, 5) is 34.5. The molecule has 0 aromatic heterocycles. The second kappa shape index (κ2) is 12.6. The highest BCUT2D eigenvalue weighted by atomic mass is 79.9. The zero-order chi connectivity index (χ0) is 26.1. The van der Waals surface area contributed by atoms with E-state index in [1.54, 1.807) is 20.8 Å². The number of nitrogens with two attached hydrogens (primary N) is 1. The lowest BCUT2D eigenvalue weighted by Gasteiger charge is -2.17. The first-order chi connectivity index (χ1) is 14.9. The quantitative estimate of drug-likeness (QED) is 0.174. The number of nitrogen functional groups attached to an aromatic ring is 1. The van der Waals surface area contributed by atoms with Crippen LogP contribution in [0.1, 0.15) is 64.7 Å². The number of halogens is 1. The minimum absolute atomic E-state index is 0.0640. The van der Waals surface area contributed by atoms with Crippen molar-refractivity contribution in [2.24, 2.45) is 5.41 Å². The lowest BCUT2D eigenvalue weighted by Crippen LogP contribution is -2.25. The van der Waals surface area contributed by atoms with Crippen LogP contribution in [0.2, 0.25) is 0 Å². The number of methoxy groups -OCH3 is 1. The first-order valence-electron chi connectivity index (χ1n) is 10.2. The van der Waals surface area contributed by atoms with Gasteiger partial charge in [0.05, 0.1) is 29.6 Å². The van der Waals surface area contributed by atoms with Gasteiger partial charge in [0.15, 0.2) is 0 Å². The van der Waals surface area contributed by atoms with Crippen molar-refractivity contribution in [1.82, 2.24) is 5.32 Å². The van der Waals surface area contributed by atoms with Crippen LogP contribution in [0.3, 0.4) is 0 Å². The molecule has 0 radical (unpaired) electrons. The first-order valence-corrected chi connectivity index (χ1v) is 11.0. The van der Waals surface area contributed by atoms with Gasteiger partial charge in [-0.25, -0.2) is 0 Å². The number of nitrogens with zero attached hydrogens (tertiary/aromatic N) is 1. The fourth-order valence-corrected chi connectivity index (χ4v) is 3.15. The number of esters is 1. The lowest BCUT2D eigenvalue weighted by atomic mass is 9.92. The number of benzene rings is 1. The Kier molecular flexibility index (Phi) is 11.6. The summed E-state index contributed by atoms with van der Waals surface area (Å²) in [6, 6.07) is 0. The molecule has 0 aliphatic carbocycles. The van der Waals surface area contributed by atoms with Gasteiger partial charge in [0, 0.05) is 22.5 Å². The maximum Gasteiger partial charge on any atom is 0.310 e. The van der Waals surface area contributed by atoms with E-state index in [0.29, 0.717) is 16.6 Å². The van der Waals surface area contributed by atoms with E-state index in [1.165, 1.54) is 14.0 Å². The monoisotopic (exact) mass is 527 g/mol. The van der Waals surface area contributed by atoms with Gasteiger partial charge in [-0.2, -0.15) is 0 Å². The summed E-state index contributed by atoms with van der Waals surface area (Å²) in [6.45, 7) is 13.3. The molecule has 0 aliphatic rings. The number of hydrogen-bond donors (Lipinski definition) is 3. The lowest BCUT2D eigenvalue weighted by molar-refractivity contribution is -0.384. The van der Waals surface area contributed by atoms with E-state index < -0.39 is 22.4 Å². The third kappa shape index (κ3) is 11.7. The van der Waals surface area contributed by atoms with Gasteiger partial charge in [0.1, 0.15) is 5.69 Å². The van der Waals surface area contributed by atoms with Crippen LogP contribution in [0.5, 0.6) is 0 Å². The van der Waals surface area contributed by atoms with E-state index in [1.807, 2.05) is 0 Å². The molecule has 0 heterocycles. The van der Waals surface area contributed by atoms with Crippen LogP contribution in [-0.4, -0.2) is 41.2 Å². The van der Waals surface area contributed by atoms with E-state index in [0.717, 1.165) is 6.42 Å². The molecule has 0 saturated carbocycles. The molecule has 0 atom stereocenters. The maximum atomic E-state index is 12.0. The largest absolute Gasteiger partial charge is 0.469 e. The topological polar surface area (TPSA) is 145 Å². The molecule has 0 unspecified atom stereocenters. The Morgan fingerprint density at radius 1 is 1.24 bits per heavy atom. The molecule has 0 bridgehead atoms. The van der Waals surface area contributed by atoms with E-state index in [4.69, 9.17) is 10.8 Å². The number of carbonyl (C=O) groups is 2. The Bertz CT molecular complexity index is 944. The SMILES string of the molecule is CC(C)(C)O.COC(=O)Cc1c(C)c([N+](=O)[O-])c(N)c(C#CC(=O)NCCC(C)(C)C)c1Br. The van der Waals surface area contributed by atoms with Crippen molar-refractivity contribution in [2.45, 2.75) is 66.9 Å². The number of anilines is 1. The predicted octanol–water partition coefficient (Wildman–Crippen LogP) is 3.64. The van der Waals surface area contributed by atoms with Crippen molar-refractivity contribution < 1.29 is 24.4 Å². The van der Waals surface area contributed by atoms with Gasteiger partial charge >= 0.3 is 5.97 Å². The molecule has 10 heteroatoms. The standard InChI is InChI=1S/C19H24BrN3O5.C4H10O/c1-11-13(10-15(25)28-5)16(20)12(17(21)18(11)23(26)27)6-7-14(24)22-9-8-19(2,3)4;1-4(2,3)5/h8-10,21H2,1-5H3,(H,22,24);5H,1-3H3. The highest BCUT2D eigenvalue weighted by Crippen LogP contribution is 2.38. The molecule has 4 N–H and O–H groups in total. The number of amides is 1. The molecule has 0 saturated heterocycles. The van der Waals surface area contributed by atoms with Gasteiger partial charge in [-0.1, -0.05) is 26.7 Å². The van der Waals surface area contributed by atoms with E-state index in [9.17, 15) is 19.7 Å². The summed E-state index contributed by atoms with van der Waals surface area (Å²) >= 11 is 3.31. The summed E-state index contributed by atoms with van der Waals surface area (Å²) in [7, 11) is 1.22. The van der Waals surface area contributed by atoms with Gasteiger partial charge in [-0.05, 0) is 61.0 Å². The molecular formula is C23H34BrN3O6. The smallest absolute Gasteiger partial charge is 0.310 e. The van der Waals surface area contributed by atoms with Gasteiger partial charge < -0.3 is 20.9 Å². The fraction of sp³-hybridized carbons (Fsp3) is 0.565. The number of nitro groups is 1. The molecule has 1 amide bonds. The van der Waals surface area contributed by atoms with Crippen LogP contribution in [0.4, 0.5) is 11.4 Å². The Hall–Kier alpha value is -2.64. The Labute approximate surface area is 203 Å². The molecule has 0 fully saturated rings. The molecule has 0 spiro atoms. The van der Waals surface area contributed by atoms with Gasteiger partial charge in [-0.15, -0.1) is 0 Å². The van der Waals surface area contributed by atoms with Crippen molar-refractivity contribution in [3.63, 3.8) is 0 Å². The molecule has 184 valence electrons. The molecule has 1 aromatic rings. The third-order valence-electron chi connectivity index (χ3n) is 4.01. The van der Waals surface area contributed by atoms with Crippen LogP contribution in [0.15, 0.2) is 4.47 Å². The summed E-state index contributed by atoms with van der Waals surface area (Å²) < 4.78 is 4.97. The molecule has 1 rings (SSSR count). The normalized spacial score (nSPS) is 10.8. The number of ether oxygens (including phenoxy) is 1. The average Bonchev–Trinajstić information content (AvgIpc) is 2.62. The number of hydrogen-bond acceptors (Lipinski definition) is 7. The number of nitro benzene ring substituents is 1. The van der Waals surface area contributed by atoms with Crippen LogP contribution in [0, 0.1) is 34.3 Å². The fourth-order valence-electron chi connectivity index (χ4n) is 2.40. The van der Waals surface area contributed by atoms with Gasteiger partial charge in [0.25, 0.3) is 11.6 Å². The highest BCUT2D eigenvalue weighted by Gasteiger charge is 2.27. The Morgan fingerprint density at radius 2 is 1.76 bits per heavy atom. The molecular weight excluding hydrogens is 494 g/mol. The molecule has 0 aliphatic heterocycles. The second-order valence-corrected chi connectivity index (χ2v) is 10.3. The van der Waals surface area contributed by atoms with Crippen molar-refractivity contribution in [3.8, 4) is 11.8 Å². The van der Waals surface area contributed by atoms with Crippen molar-refractivity contribution >= 4 is 39.2 Å². The van der Waals surface area contributed by atoms with Crippen LogP contribution >= 0.6 is 15.9 Å². The minimum Gasteiger partial charge on any atom is -0.469 e. The zero-order valence-corrected chi connectivity index (χ0v) is 22.1. The van der Waals surface area contributed by atoms with Crippen LogP contribution in [-0.2, 0) is 20.7 Å². The van der Waals surface area contributed by atoms with E-state index in [-0.39, 0.29) is 34.3 Å². The van der Waals surface area contributed by atoms with Crippen molar-refractivity contribution in [3.05, 3.63) is 31.3 Å². The third-order valence-corrected chi connectivity index (χ3v) is 4.88. The molecule has 9 nitrogen and oxygen atoms in total.